The van der Waals surface area contributed by atoms with Crippen molar-refractivity contribution in [1.29, 1.82) is 0 Å². The standard InChI is InChI=1S/C11H8ClF2N3O2S/c12-5-1-2-7(13)6(3-5)9-4-8(14)10-15-11(20(18)19)16-17(9)10/h1-3,8-9H,4H2,(H,18,19)/t8-,9-/m0/s1. The lowest BCUT2D eigenvalue weighted by molar-refractivity contribution is 0.325. The second-order valence-electron chi connectivity index (χ2n) is 4.33. The minimum atomic E-state index is -2.41. The van der Waals surface area contributed by atoms with E-state index in [4.69, 9.17) is 16.2 Å². The van der Waals surface area contributed by atoms with Gasteiger partial charge in [-0.25, -0.2) is 17.7 Å². The van der Waals surface area contributed by atoms with Crippen LogP contribution in [0.25, 0.3) is 0 Å². The maximum atomic E-state index is 13.9. The summed E-state index contributed by atoms with van der Waals surface area (Å²) in [5.41, 5.74) is 0.180. The van der Waals surface area contributed by atoms with Crippen LogP contribution in [0.1, 0.15) is 30.0 Å². The molecule has 2 heterocycles. The van der Waals surface area contributed by atoms with Crippen LogP contribution in [0.5, 0.6) is 0 Å². The molecular weight excluding hydrogens is 312 g/mol. The smallest absolute Gasteiger partial charge is 0.266 e. The van der Waals surface area contributed by atoms with Crippen LogP contribution in [-0.2, 0) is 11.1 Å². The Balaban J connectivity index is 2.10. The van der Waals surface area contributed by atoms with Gasteiger partial charge in [0.2, 0.25) is 11.1 Å². The highest BCUT2D eigenvalue weighted by Gasteiger charge is 2.37. The maximum absolute atomic E-state index is 13.9. The first-order valence-corrected chi connectivity index (χ1v) is 7.12. The van der Waals surface area contributed by atoms with Crippen LogP contribution in [0.15, 0.2) is 23.4 Å². The molecule has 0 aliphatic carbocycles. The molecule has 1 N–H and O–H groups in total. The molecule has 0 spiro atoms. The van der Waals surface area contributed by atoms with Gasteiger partial charge in [0, 0.05) is 17.0 Å². The summed E-state index contributed by atoms with van der Waals surface area (Å²) >= 11 is 3.41. The molecule has 0 amide bonds. The predicted molar refractivity (Wildman–Crippen MR) is 67.1 cm³/mol. The van der Waals surface area contributed by atoms with Crippen molar-refractivity contribution in [3.05, 3.63) is 40.4 Å². The Hall–Kier alpha value is -1.38. The van der Waals surface area contributed by atoms with Crippen molar-refractivity contribution < 1.29 is 17.5 Å². The second-order valence-corrected chi connectivity index (χ2v) is 5.63. The van der Waals surface area contributed by atoms with E-state index in [1.807, 2.05) is 0 Å². The molecule has 9 heteroatoms. The van der Waals surface area contributed by atoms with Gasteiger partial charge in [0.1, 0.15) is 5.82 Å². The first-order valence-electron chi connectivity index (χ1n) is 5.63. The predicted octanol–water partition coefficient (Wildman–Crippen LogP) is 2.65. The number of aromatic nitrogens is 3. The van der Waals surface area contributed by atoms with E-state index >= 15 is 0 Å². The van der Waals surface area contributed by atoms with Crippen LogP contribution >= 0.6 is 11.6 Å². The van der Waals surface area contributed by atoms with Gasteiger partial charge in [0.15, 0.2) is 12.0 Å². The Bertz CT molecular complexity index is 709. The summed E-state index contributed by atoms with van der Waals surface area (Å²) in [6.07, 6.45) is -1.51. The number of hydrogen-bond donors (Lipinski definition) is 1. The van der Waals surface area contributed by atoms with Crippen molar-refractivity contribution in [2.75, 3.05) is 0 Å². The SMILES string of the molecule is O=S(O)c1nc2n(n1)[C@H](c1cc(Cl)ccc1F)C[C@@H]2F. The Kier molecular flexibility index (Phi) is 3.31. The number of halogens is 3. The molecule has 0 fully saturated rings. The van der Waals surface area contributed by atoms with Gasteiger partial charge < -0.3 is 0 Å². The van der Waals surface area contributed by atoms with Gasteiger partial charge in [-0.1, -0.05) is 11.6 Å². The second kappa shape index (κ2) is 4.87. The zero-order chi connectivity index (χ0) is 14.4. The Morgan fingerprint density at radius 1 is 1.50 bits per heavy atom. The molecule has 0 saturated heterocycles. The van der Waals surface area contributed by atoms with Gasteiger partial charge in [-0.2, -0.15) is 4.98 Å². The van der Waals surface area contributed by atoms with Gasteiger partial charge in [-0.05, 0) is 18.2 Å². The Labute approximate surface area is 119 Å². The number of fused-ring (bicyclic) bond motifs is 1. The number of benzene rings is 1. The van der Waals surface area contributed by atoms with Gasteiger partial charge in [0.25, 0.3) is 5.16 Å². The third-order valence-corrected chi connectivity index (χ3v) is 3.84. The van der Waals surface area contributed by atoms with Crippen molar-refractivity contribution >= 4 is 22.7 Å². The molecule has 106 valence electrons. The van der Waals surface area contributed by atoms with Gasteiger partial charge in [-0.3, -0.25) is 4.55 Å². The van der Waals surface area contributed by atoms with Crippen molar-refractivity contribution in [1.82, 2.24) is 14.8 Å². The van der Waals surface area contributed by atoms with E-state index in [-0.39, 0.29) is 17.8 Å². The van der Waals surface area contributed by atoms with E-state index in [1.165, 1.54) is 18.2 Å². The van der Waals surface area contributed by atoms with Gasteiger partial charge in [-0.15, -0.1) is 5.10 Å². The number of rotatable bonds is 2. The highest BCUT2D eigenvalue weighted by atomic mass is 35.5. The van der Waals surface area contributed by atoms with E-state index in [9.17, 15) is 13.0 Å². The number of alkyl halides is 1. The molecule has 1 unspecified atom stereocenters. The summed E-state index contributed by atoms with van der Waals surface area (Å²) in [5, 5.41) is 3.70. The average molecular weight is 320 g/mol. The zero-order valence-corrected chi connectivity index (χ0v) is 11.4. The van der Waals surface area contributed by atoms with Crippen LogP contribution in [0, 0.1) is 5.82 Å². The molecule has 1 aromatic heterocycles. The van der Waals surface area contributed by atoms with E-state index in [0.29, 0.717) is 5.02 Å². The Morgan fingerprint density at radius 3 is 2.95 bits per heavy atom. The molecule has 0 saturated carbocycles. The monoisotopic (exact) mass is 319 g/mol. The number of nitrogens with zero attached hydrogens (tertiary/aromatic N) is 3. The fraction of sp³-hybridized carbons (Fsp3) is 0.273. The topological polar surface area (TPSA) is 68.0 Å². The first-order chi connectivity index (χ1) is 9.47. The lowest BCUT2D eigenvalue weighted by Crippen LogP contribution is -2.10. The molecule has 0 bridgehead atoms. The molecule has 0 radical (unpaired) electrons. The quantitative estimate of drug-likeness (QED) is 0.864. The third-order valence-electron chi connectivity index (χ3n) is 3.12. The number of hydrogen-bond acceptors (Lipinski definition) is 3. The normalized spacial score (nSPS) is 22.8. The summed E-state index contributed by atoms with van der Waals surface area (Å²) in [7, 11) is 0. The fourth-order valence-corrected chi connectivity index (χ4v) is 2.77. The average Bonchev–Trinajstić information content (AvgIpc) is 2.94. The minimum absolute atomic E-state index is 0.0368. The first kappa shape index (κ1) is 13.6. The summed E-state index contributed by atoms with van der Waals surface area (Å²) in [5.74, 6) is -0.617. The van der Waals surface area contributed by atoms with Crippen molar-refractivity contribution in [2.24, 2.45) is 0 Å². The fourth-order valence-electron chi connectivity index (χ4n) is 2.26. The van der Waals surface area contributed by atoms with Crippen molar-refractivity contribution in [2.45, 2.75) is 23.8 Å². The summed E-state index contributed by atoms with van der Waals surface area (Å²) in [6.45, 7) is 0. The van der Waals surface area contributed by atoms with Crippen LogP contribution in [-0.4, -0.2) is 23.5 Å². The highest BCUT2D eigenvalue weighted by Crippen LogP contribution is 2.40. The largest absolute Gasteiger partial charge is 0.300 e. The molecule has 5 nitrogen and oxygen atoms in total. The van der Waals surface area contributed by atoms with Gasteiger partial charge >= 0.3 is 0 Å². The third kappa shape index (κ3) is 2.13. The molecule has 3 rings (SSSR count). The lowest BCUT2D eigenvalue weighted by Gasteiger charge is -2.13. The highest BCUT2D eigenvalue weighted by molar-refractivity contribution is 7.79. The molecule has 1 aliphatic rings. The van der Waals surface area contributed by atoms with Crippen LogP contribution in [0.4, 0.5) is 8.78 Å². The minimum Gasteiger partial charge on any atom is -0.300 e. The van der Waals surface area contributed by atoms with E-state index in [0.717, 1.165) is 4.68 Å². The molecule has 3 atom stereocenters. The molecule has 1 aromatic carbocycles. The van der Waals surface area contributed by atoms with Gasteiger partial charge in [0.05, 0.1) is 6.04 Å². The molecule has 20 heavy (non-hydrogen) atoms. The molecular formula is C11H8ClF2N3O2S. The summed E-state index contributed by atoms with van der Waals surface area (Å²) in [6, 6.07) is 3.23. The van der Waals surface area contributed by atoms with E-state index in [2.05, 4.69) is 10.1 Å². The Morgan fingerprint density at radius 2 is 2.25 bits per heavy atom. The van der Waals surface area contributed by atoms with Crippen molar-refractivity contribution in [3.8, 4) is 0 Å². The van der Waals surface area contributed by atoms with Crippen LogP contribution in [0.2, 0.25) is 5.02 Å². The lowest BCUT2D eigenvalue weighted by atomic mass is 10.0. The summed E-state index contributed by atoms with van der Waals surface area (Å²) in [4.78, 5) is 3.67. The zero-order valence-electron chi connectivity index (χ0n) is 9.83. The molecule has 2 aromatic rings. The van der Waals surface area contributed by atoms with E-state index < -0.39 is 34.3 Å². The summed E-state index contributed by atoms with van der Waals surface area (Å²) < 4.78 is 48.8. The maximum Gasteiger partial charge on any atom is 0.266 e. The molecule has 1 aliphatic heterocycles. The van der Waals surface area contributed by atoms with Crippen LogP contribution in [0.3, 0.4) is 0 Å². The van der Waals surface area contributed by atoms with Crippen LogP contribution < -0.4 is 0 Å². The van der Waals surface area contributed by atoms with Crippen molar-refractivity contribution in [3.63, 3.8) is 0 Å². The van der Waals surface area contributed by atoms with E-state index in [1.54, 1.807) is 0 Å².